The highest BCUT2D eigenvalue weighted by molar-refractivity contribution is 7.99. The maximum atomic E-state index is 14.4. The lowest BCUT2D eigenvalue weighted by Crippen LogP contribution is -2.09. The summed E-state index contributed by atoms with van der Waals surface area (Å²) in [6.07, 6.45) is 0.687. The Hall–Kier alpha value is -2.60. The number of carboxylic acids is 1. The van der Waals surface area contributed by atoms with Crippen molar-refractivity contribution in [3.8, 4) is 16.9 Å². The smallest absolute Gasteiger partial charge is 0.356 e. The van der Waals surface area contributed by atoms with Gasteiger partial charge in [0.15, 0.2) is 5.69 Å². The van der Waals surface area contributed by atoms with E-state index in [0.717, 1.165) is 5.69 Å². The molecule has 4 nitrogen and oxygen atoms in total. The van der Waals surface area contributed by atoms with Gasteiger partial charge in [0.05, 0.1) is 16.3 Å². The standard InChI is InChI=1S/C19H15FN2O2S/c1-2-14-15-16(19(23)24)21-22(11-7-4-3-5-8-11)17(15)12-9-6-10-13(20)18(12)25-14/h3-10,14H,2H2,1H3,(H,23,24). The van der Waals surface area contributed by atoms with E-state index in [1.807, 2.05) is 43.3 Å². The van der Waals surface area contributed by atoms with Crippen molar-refractivity contribution in [3.63, 3.8) is 0 Å². The largest absolute Gasteiger partial charge is 0.476 e. The van der Waals surface area contributed by atoms with E-state index in [1.54, 1.807) is 10.7 Å². The van der Waals surface area contributed by atoms with E-state index in [4.69, 9.17) is 0 Å². The highest BCUT2D eigenvalue weighted by Gasteiger charge is 2.35. The van der Waals surface area contributed by atoms with Crippen LogP contribution >= 0.6 is 11.8 Å². The molecule has 0 bridgehead atoms. The molecule has 2 heterocycles. The molecule has 6 heteroatoms. The van der Waals surface area contributed by atoms with Gasteiger partial charge in [0.25, 0.3) is 0 Å². The number of carboxylic acid groups (broad SMARTS) is 1. The first-order valence-electron chi connectivity index (χ1n) is 7.99. The topological polar surface area (TPSA) is 55.1 Å². The normalized spacial score (nSPS) is 15.5. The number of fused-ring (bicyclic) bond motifs is 3. The summed E-state index contributed by atoms with van der Waals surface area (Å²) in [5, 5.41) is 13.9. The number of hydrogen-bond donors (Lipinski definition) is 1. The lowest BCUT2D eigenvalue weighted by atomic mass is 10.00. The predicted octanol–water partition coefficient (Wildman–Crippen LogP) is 4.93. The fourth-order valence-corrected chi connectivity index (χ4v) is 4.48. The minimum Gasteiger partial charge on any atom is -0.476 e. The summed E-state index contributed by atoms with van der Waals surface area (Å²) < 4.78 is 16.0. The van der Waals surface area contributed by atoms with Crippen LogP contribution in [-0.2, 0) is 0 Å². The molecule has 0 aliphatic carbocycles. The number of halogens is 1. The van der Waals surface area contributed by atoms with Crippen LogP contribution in [0.3, 0.4) is 0 Å². The maximum Gasteiger partial charge on any atom is 0.356 e. The second kappa shape index (κ2) is 6.04. The van der Waals surface area contributed by atoms with Crippen molar-refractivity contribution in [2.24, 2.45) is 0 Å². The molecular formula is C19H15FN2O2S. The third-order valence-corrected chi connectivity index (χ3v) is 5.80. The van der Waals surface area contributed by atoms with Gasteiger partial charge in [-0.3, -0.25) is 0 Å². The third kappa shape index (κ3) is 2.44. The zero-order valence-corrected chi connectivity index (χ0v) is 14.3. The Kier molecular flexibility index (Phi) is 3.84. The first-order valence-corrected chi connectivity index (χ1v) is 8.87. The average molecular weight is 354 g/mol. The van der Waals surface area contributed by atoms with Crippen molar-refractivity contribution >= 4 is 17.7 Å². The van der Waals surface area contributed by atoms with E-state index in [9.17, 15) is 14.3 Å². The molecule has 2 aromatic carbocycles. The molecule has 0 saturated carbocycles. The molecule has 0 radical (unpaired) electrons. The van der Waals surface area contributed by atoms with Crippen LogP contribution in [0.5, 0.6) is 0 Å². The Balaban J connectivity index is 2.09. The van der Waals surface area contributed by atoms with Gasteiger partial charge in [-0.25, -0.2) is 13.9 Å². The summed E-state index contributed by atoms with van der Waals surface area (Å²) in [5.74, 6) is -1.35. The van der Waals surface area contributed by atoms with Gasteiger partial charge in [-0.2, -0.15) is 5.10 Å². The molecule has 1 aromatic heterocycles. The van der Waals surface area contributed by atoms with Gasteiger partial charge in [-0.15, -0.1) is 11.8 Å². The first-order chi connectivity index (χ1) is 12.1. The van der Waals surface area contributed by atoms with Crippen LogP contribution in [0.2, 0.25) is 0 Å². The molecule has 126 valence electrons. The van der Waals surface area contributed by atoms with Crippen molar-refractivity contribution in [1.29, 1.82) is 0 Å². The second-order valence-electron chi connectivity index (χ2n) is 5.79. The lowest BCUT2D eigenvalue weighted by Gasteiger charge is -2.25. The fourth-order valence-electron chi connectivity index (χ4n) is 3.21. The van der Waals surface area contributed by atoms with Crippen LogP contribution in [0, 0.1) is 5.82 Å². The summed E-state index contributed by atoms with van der Waals surface area (Å²) in [6, 6.07) is 14.2. The lowest BCUT2D eigenvalue weighted by molar-refractivity contribution is 0.0688. The van der Waals surface area contributed by atoms with Crippen LogP contribution in [0.25, 0.3) is 16.9 Å². The molecule has 0 saturated heterocycles. The number of rotatable bonds is 3. The van der Waals surface area contributed by atoms with E-state index in [-0.39, 0.29) is 16.8 Å². The van der Waals surface area contributed by atoms with Crippen LogP contribution in [0.15, 0.2) is 53.4 Å². The van der Waals surface area contributed by atoms with Crippen molar-refractivity contribution in [2.75, 3.05) is 0 Å². The highest BCUT2D eigenvalue weighted by Crippen LogP contribution is 2.52. The van der Waals surface area contributed by atoms with Crippen LogP contribution in [0.1, 0.15) is 34.6 Å². The first kappa shape index (κ1) is 15.9. The minimum atomic E-state index is -1.06. The molecule has 1 aliphatic rings. The molecule has 1 unspecified atom stereocenters. The number of aromatic carboxylic acids is 1. The highest BCUT2D eigenvalue weighted by atomic mass is 32.2. The quantitative estimate of drug-likeness (QED) is 0.724. The van der Waals surface area contributed by atoms with Crippen LogP contribution < -0.4 is 0 Å². The Labute approximate surface area is 148 Å². The van der Waals surface area contributed by atoms with Crippen LogP contribution in [-0.4, -0.2) is 20.9 Å². The van der Waals surface area contributed by atoms with Gasteiger partial charge in [-0.05, 0) is 24.6 Å². The number of aromatic nitrogens is 2. The van der Waals surface area contributed by atoms with Gasteiger partial charge in [0.2, 0.25) is 0 Å². The van der Waals surface area contributed by atoms with Crippen molar-refractivity contribution in [1.82, 2.24) is 9.78 Å². The summed E-state index contributed by atoms with van der Waals surface area (Å²) in [4.78, 5) is 12.4. The van der Waals surface area contributed by atoms with Gasteiger partial charge in [0, 0.05) is 16.4 Å². The monoisotopic (exact) mass is 354 g/mol. The van der Waals surface area contributed by atoms with Crippen molar-refractivity contribution < 1.29 is 14.3 Å². The number of para-hydroxylation sites is 1. The van der Waals surface area contributed by atoms with Gasteiger partial charge < -0.3 is 5.11 Å². The summed E-state index contributed by atoms with van der Waals surface area (Å²) in [5.41, 5.74) is 2.82. The number of thioether (sulfide) groups is 1. The third-order valence-electron chi connectivity index (χ3n) is 4.30. The molecule has 3 aromatic rings. The minimum absolute atomic E-state index is 0.0353. The molecule has 0 fully saturated rings. The summed E-state index contributed by atoms with van der Waals surface area (Å²) >= 11 is 1.37. The number of carbonyl (C=O) groups is 1. The second-order valence-corrected chi connectivity index (χ2v) is 7.01. The Morgan fingerprint density at radius 3 is 2.68 bits per heavy atom. The van der Waals surface area contributed by atoms with Crippen molar-refractivity contribution in [2.45, 2.75) is 23.5 Å². The molecular weight excluding hydrogens is 339 g/mol. The summed E-state index contributed by atoms with van der Waals surface area (Å²) in [7, 11) is 0. The Bertz CT molecular complexity index is 969. The van der Waals surface area contributed by atoms with E-state index in [0.29, 0.717) is 28.1 Å². The fraction of sp³-hybridized carbons (Fsp3) is 0.158. The van der Waals surface area contributed by atoms with E-state index < -0.39 is 5.97 Å². The molecule has 4 rings (SSSR count). The molecule has 25 heavy (non-hydrogen) atoms. The number of hydrogen-bond acceptors (Lipinski definition) is 3. The van der Waals surface area contributed by atoms with Gasteiger partial charge in [-0.1, -0.05) is 37.3 Å². The Morgan fingerprint density at radius 2 is 2.00 bits per heavy atom. The predicted molar refractivity (Wildman–Crippen MR) is 94.8 cm³/mol. The Morgan fingerprint density at radius 1 is 1.24 bits per heavy atom. The zero-order valence-electron chi connectivity index (χ0n) is 13.4. The number of nitrogens with zero attached hydrogens (tertiary/aromatic N) is 2. The SMILES string of the molecule is CCC1Sc2c(F)cccc2-c2c1c(C(=O)O)nn2-c1ccccc1. The summed E-state index contributed by atoms with van der Waals surface area (Å²) in [6.45, 7) is 1.97. The van der Waals surface area contributed by atoms with Crippen molar-refractivity contribution in [3.05, 3.63) is 65.6 Å². The van der Waals surface area contributed by atoms with E-state index in [1.165, 1.54) is 17.8 Å². The number of benzene rings is 2. The van der Waals surface area contributed by atoms with Gasteiger partial charge >= 0.3 is 5.97 Å². The zero-order chi connectivity index (χ0) is 17.6. The molecule has 1 aliphatic heterocycles. The average Bonchev–Trinajstić information content (AvgIpc) is 3.03. The maximum absolute atomic E-state index is 14.4. The molecule has 1 atom stereocenters. The van der Waals surface area contributed by atoms with E-state index in [2.05, 4.69) is 5.10 Å². The van der Waals surface area contributed by atoms with Crippen LogP contribution in [0.4, 0.5) is 4.39 Å². The van der Waals surface area contributed by atoms with E-state index >= 15 is 0 Å². The molecule has 1 N–H and O–H groups in total. The van der Waals surface area contributed by atoms with Gasteiger partial charge in [0.1, 0.15) is 5.82 Å². The molecule has 0 amide bonds. The molecule has 0 spiro atoms.